The fraction of sp³-hybridized carbons (Fsp3) is 0.318. The van der Waals surface area contributed by atoms with E-state index in [1.807, 2.05) is 37.3 Å². The molecule has 1 atom stereocenters. The topological polar surface area (TPSA) is 77.0 Å². The number of hydrogen-bond acceptors (Lipinski definition) is 5. The Balaban J connectivity index is 1.98. The summed E-state index contributed by atoms with van der Waals surface area (Å²) in [5.74, 6) is 0.993. The van der Waals surface area contributed by atoms with E-state index in [-0.39, 0.29) is 25.2 Å². The second-order valence-electron chi connectivity index (χ2n) is 6.19. The van der Waals surface area contributed by atoms with Gasteiger partial charge in [-0.1, -0.05) is 35.9 Å². The van der Waals surface area contributed by atoms with Crippen molar-refractivity contribution >= 4 is 12.0 Å². The molecule has 28 heavy (non-hydrogen) atoms. The summed E-state index contributed by atoms with van der Waals surface area (Å²) in [5, 5.41) is 11.9. The summed E-state index contributed by atoms with van der Waals surface area (Å²) >= 11 is 0. The number of methoxy groups -OCH3 is 2. The lowest BCUT2D eigenvalue weighted by molar-refractivity contribution is -0.117. The first-order valence-electron chi connectivity index (χ1n) is 9.04. The Bertz CT molecular complexity index is 786. The molecule has 0 spiro atoms. The molecule has 2 N–H and O–H groups in total. The van der Waals surface area contributed by atoms with Crippen LogP contribution in [-0.2, 0) is 9.53 Å². The van der Waals surface area contributed by atoms with Crippen molar-refractivity contribution < 1.29 is 24.1 Å². The van der Waals surface area contributed by atoms with E-state index in [4.69, 9.17) is 19.3 Å². The van der Waals surface area contributed by atoms with Crippen molar-refractivity contribution in [3.05, 3.63) is 65.2 Å². The summed E-state index contributed by atoms with van der Waals surface area (Å²) in [7, 11) is 3.14. The lowest BCUT2D eigenvalue weighted by atomic mass is 10.1. The number of rotatable bonds is 10. The minimum absolute atomic E-state index is 0.0739. The molecular formula is C22H27NO5. The number of benzene rings is 2. The Morgan fingerprint density at radius 1 is 1.11 bits per heavy atom. The van der Waals surface area contributed by atoms with Gasteiger partial charge in [0.15, 0.2) is 11.5 Å². The smallest absolute Gasteiger partial charge is 0.244 e. The third-order valence-electron chi connectivity index (χ3n) is 4.16. The van der Waals surface area contributed by atoms with Crippen LogP contribution in [0.1, 0.15) is 22.8 Å². The molecule has 1 amide bonds. The zero-order valence-corrected chi connectivity index (χ0v) is 16.5. The van der Waals surface area contributed by atoms with Crippen LogP contribution in [0.25, 0.3) is 6.08 Å². The predicted molar refractivity (Wildman–Crippen MR) is 109 cm³/mol. The third-order valence-corrected chi connectivity index (χ3v) is 4.16. The number of aliphatic hydroxyl groups excluding tert-OH is 1. The Labute approximate surface area is 165 Å². The number of carbonyl (C=O) groups is 1. The maximum absolute atomic E-state index is 12.2. The predicted octanol–water partition coefficient (Wildman–Crippen LogP) is 2.89. The van der Waals surface area contributed by atoms with Gasteiger partial charge < -0.3 is 24.6 Å². The molecule has 1 unspecified atom stereocenters. The number of aliphatic hydroxyl groups is 1. The lowest BCUT2D eigenvalue weighted by Gasteiger charge is -2.18. The van der Waals surface area contributed by atoms with Crippen molar-refractivity contribution in [2.75, 3.05) is 34.0 Å². The number of hydrogen-bond donors (Lipinski definition) is 2. The normalized spacial score (nSPS) is 12.0. The molecule has 0 aliphatic heterocycles. The van der Waals surface area contributed by atoms with Crippen molar-refractivity contribution in [3.8, 4) is 11.5 Å². The molecule has 0 saturated carbocycles. The fourth-order valence-corrected chi connectivity index (χ4v) is 2.63. The van der Waals surface area contributed by atoms with E-state index in [0.717, 1.165) is 16.7 Å². The van der Waals surface area contributed by atoms with Crippen molar-refractivity contribution in [2.24, 2.45) is 0 Å². The molecule has 0 aromatic heterocycles. The van der Waals surface area contributed by atoms with E-state index in [1.165, 1.54) is 6.08 Å². The highest BCUT2D eigenvalue weighted by Gasteiger charge is 2.13. The molecule has 0 bridgehead atoms. The molecule has 2 aromatic rings. The van der Waals surface area contributed by atoms with Gasteiger partial charge in [0.2, 0.25) is 5.91 Å². The summed E-state index contributed by atoms with van der Waals surface area (Å²) in [6, 6.07) is 13.3. The maximum atomic E-state index is 12.2. The standard InChI is InChI=1S/C22H27NO5/c1-16-4-8-18(9-5-16)21(28-13-12-24)15-23-22(25)11-7-17-6-10-19(26-2)20(14-17)27-3/h4-11,14,21,24H,12-13,15H2,1-3H3,(H,23,25)/b11-7+. The number of ether oxygens (including phenoxy) is 3. The molecule has 6 nitrogen and oxygen atoms in total. The molecule has 2 aromatic carbocycles. The van der Waals surface area contributed by atoms with E-state index < -0.39 is 0 Å². The first-order valence-corrected chi connectivity index (χ1v) is 9.04. The molecule has 0 heterocycles. The van der Waals surface area contributed by atoms with Crippen LogP contribution in [0.5, 0.6) is 11.5 Å². The van der Waals surface area contributed by atoms with Crippen molar-refractivity contribution in [1.82, 2.24) is 5.32 Å². The molecule has 0 radical (unpaired) electrons. The summed E-state index contributed by atoms with van der Waals surface area (Å²) < 4.78 is 16.1. The van der Waals surface area contributed by atoms with Crippen LogP contribution in [0.3, 0.4) is 0 Å². The highest BCUT2D eigenvalue weighted by atomic mass is 16.5. The minimum atomic E-state index is -0.328. The first kappa shape index (κ1) is 21.5. The zero-order valence-electron chi connectivity index (χ0n) is 16.5. The van der Waals surface area contributed by atoms with Crippen LogP contribution in [0, 0.1) is 6.92 Å². The van der Waals surface area contributed by atoms with E-state index in [9.17, 15) is 4.79 Å². The van der Waals surface area contributed by atoms with E-state index in [0.29, 0.717) is 18.0 Å². The maximum Gasteiger partial charge on any atom is 0.244 e. The van der Waals surface area contributed by atoms with Crippen LogP contribution in [0.4, 0.5) is 0 Å². The molecule has 0 aliphatic rings. The van der Waals surface area contributed by atoms with Crippen LogP contribution in [0.15, 0.2) is 48.5 Å². The molecule has 6 heteroatoms. The number of amides is 1. The summed E-state index contributed by atoms with van der Waals surface area (Å²) in [6.45, 7) is 2.44. The van der Waals surface area contributed by atoms with Gasteiger partial charge in [0.25, 0.3) is 0 Å². The quantitative estimate of drug-likeness (QED) is 0.615. The van der Waals surface area contributed by atoms with E-state index in [2.05, 4.69) is 5.32 Å². The van der Waals surface area contributed by atoms with Crippen molar-refractivity contribution in [2.45, 2.75) is 13.0 Å². The van der Waals surface area contributed by atoms with Crippen molar-refractivity contribution in [1.29, 1.82) is 0 Å². The second-order valence-corrected chi connectivity index (χ2v) is 6.19. The van der Waals surface area contributed by atoms with Crippen LogP contribution in [-0.4, -0.2) is 45.0 Å². The monoisotopic (exact) mass is 385 g/mol. The molecule has 0 saturated heterocycles. The van der Waals surface area contributed by atoms with Gasteiger partial charge in [-0.2, -0.15) is 0 Å². The second kappa shape index (κ2) is 11.1. The summed E-state index contributed by atoms with van der Waals surface area (Å²) in [5.41, 5.74) is 2.91. The SMILES string of the molecule is COc1ccc(/C=C/C(=O)NCC(OCCO)c2ccc(C)cc2)cc1OC. The van der Waals surface area contributed by atoms with Gasteiger partial charge in [0.05, 0.1) is 33.5 Å². The van der Waals surface area contributed by atoms with Crippen LogP contribution in [0.2, 0.25) is 0 Å². The van der Waals surface area contributed by atoms with E-state index in [1.54, 1.807) is 32.4 Å². The molecule has 150 valence electrons. The Kier molecular flexibility index (Phi) is 8.52. The number of carbonyl (C=O) groups excluding carboxylic acids is 1. The third kappa shape index (κ3) is 6.40. The average Bonchev–Trinajstić information content (AvgIpc) is 2.72. The highest BCUT2D eigenvalue weighted by molar-refractivity contribution is 5.91. The van der Waals surface area contributed by atoms with Gasteiger partial charge in [-0.05, 0) is 36.3 Å². The lowest BCUT2D eigenvalue weighted by Crippen LogP contribution is -2.28. The van der Waals surface area contributed by atoms with Gasteiger partial charge in [-0.3, -0.25) is 4.79 Å². The van der Waals surface area contributed by atoms with Crippen LogP contribution < -0.4 is 14.8 Å². The van der Waals surface area contributed by atoms with Gasteiger partial charge in [-0.25, -0.2) is 0 Å². The first-order chi connectivity index (χ1) is 13.6. The molecular weight excluding hydrogens is 358 g/mol. The van der Waals surface area contributed by atoms with Gasteiger partial charge in [-0.15, -0.1) is 0 Å². The number of aryl methyl sites for hydroxylation is 1. The van der Waals surface area contributed by atoms with Gasteiger partial charge in [0.1, 0.15) is 0 Å². The molecule has 2 rings (SSSR count). The Hall–Kier alpha value is -2.83. The Morgan fingerprint density at radius 3 is 2.46 bits per heavy atom. The van der Waals surface area contributed by atoms with Crippen LogP contribution >= 0.6 is 0 Å². The average molecular weight is 385 g/mol. The Morgan fingerprint density at radius 2 is 1.82 bits per heavy atom. The van der Waals surface area contributed by atoms with Gasteiger partial charge >= 0.3 is 0 Å². The minimum Gasteiger partial charge on any atom is -0.493 e. The van der Waals surface area contributed by atoms with Crippen molar-refractivity contribution in [3.63, 3.8) is 0 Å². The number of nitrogens with one attached hydrogen (secondary N) is 1. The zero-order chi connectivity index (χ0) is 20.4. The summed E-state index contributed by atoms with van der Waals surface area (Å²) in [4.78, 5) is 12.2. The van der Waals surface area contributed by atoms with Gasteiger partial charge in [0, 0.05) is 12.6 Å². The fourth-order valence-electron chi connectivity index (χ4n) is 2.63. The molecule has 0 fully saturated rings. The highest BCUT2D eigenvalue weighted by Crippen LogP contribution is 2.27. The summed E-state index contributed by atoms with van der Waals surface area (Å²) in [6.07, 6.45) is 2.83. The largest absolute Gasteiger partial charge is 0.493 e. The molecule has 0 aliphatic carbocycles. The van der Waals surface area contributed by atoms with E-state index >= 15 is 0 Å².